The first-order chi connectivity index (χ1) is 11.7. The SMILES string of the molecule is CC1CCCN(C(=O)CN(c2ccccc2OC(C)C)S(C)(=O)=O)C1. The van der Waals surface area contributed by atoms with E-state index in [-0.39, 0.29) is 18.6 Å². The van der Waals surface area contributed by atoms with Crippen LogP contribution in [0.1, 0.15) is 33.6 Å². The third kappa shape index (κ3) is 5.36. The highest BCUT2D eigenvalue weighted by Crippen LogP contribution is 2.31. The molecule has 1 amide bonds. The molecule has 0 aromatic heterocycles. The molecule has 0 radical (unpaired) electrons. The second-order valence-electron chi connectivity index (χ2n) is 6.99. The number of nitrogens with zero attached hydrogens (tertiary/aromatic N) is 2. The van der Waals surface area contributed by atoms with Crippen LogP contribution in [0, 0.1) is 5.92 Å². The Balaban J connectivity index is 2.27. The van der Waals surface area contributed by atoms with Crippen molar-refractivity contribution < 1.29 is 17.9 Å². The van der Waals surface area contributed by atoms with E-state index in [2.05, 4.69) is 6.92 Å². The minimum absolute atomic E-state index is 0.0961. The number of rotatable bonds is 6. The second-order valence-corrected chi connectivity index (χ2v) is 8.90. The Kier molecular flexibility index (Phi) is 6.32. The van der Waals surface area contributed by atoms with E-state index in [1.54, 1.807) is 29.2 Å². The van der Waals surface area contributed by atoms with E-state index in [4.69, 9.17) is 4.74 Å². The lowest BCUT2D eigenvalue weighted by atomic mass is 10.0. The zero-order chi connectivity index (χ0) is 18.6. The zero-order valence-electron chi connectivity index (χ0n) is 15.4. The fourth-order valence-corrected chi connectivity index (χ4v) is 3.89. The Labute approximate surface area is 150 Å². The van der Waals surface area contributed by atoms with Crippen LogP contribution in [0.4, 0.5) is 5.69 Å². The van der Waals surface area contributed by atoms with Crippen molar-refractivity contribution >= 4 is 21.6 Å². The molecule has 0 spiro atoms. The van der Waals surface area contributed by atoms with Crippen LogP contribution in [0.5, 0.6) is 5.75 Å². The van der Waals surface area contributed by atoms with Crippen molar-refractivity contribution in [3.8, 4) is 5.75 Å². The van der Waals surface area contributed by atoms with E-state index in [9.17, 15) is 13.2 Å². The lowest BCUT2D eigenvalue weighted by molar-refractivity contribution is -0.131. The molecule has 25 heavy (non-hydrogen) atoms. The molecule has 1 fully saturated rings. The van der Waals surface area contributed by atoms with Crippen LogP contribution >= 0.6 is 0 Å². The van der Waals surface area contributed by atoms with Crippen molar-refractivity contribution in [2.24, 2.45) is 5.92 Å². The van der Waals surface area contributed by atoms with Gasteiger partial charge >= 0.3 is 0 Å². The summed E-state index contributed by atoms with van der Waals surface area (Å²) in [7, 11) is -3.62. The first kappa shape index (κ1) is 19.6. The fraction of sp³-hybridized carbons (Fsp3) is 0.611. The molecule has 2 rings (SSSR count). The largest absolute Gasteiger partial charge is 0.489 e. The molecular weight excluding hydrogens is 340 g/mol. The molecule has 1 aromatic rings. The van der Waals surface area contributed by atoms with Crippen molar-refractivity contribution in [1.82, 2.24) is 4.90 Å². The van der Waals surface area contributed by atoms with Gasteiger partial charge in [-0.15, -0.1) is 0 Å². The first-order valence-corrected chi connectivity index (χ1v) is 10.5. The molecule has 7 heteroatoms. The van der Waals surface area contributed by atoms with Crippen LogP contribution in [-0.2, 0) is 14.8 Å². The van der Waals surface area contributed by atoms with Crippen LogP contribution in [0.2, 0.25) is 0 Å². The predicted molar refractivity (Wildman–Crippen MR) is 99.4 cm³/mol. The molecule has 1 unspecified atom stereocenters. The van der Waals surface area contributed by atoms with E-state index in [0.29, 0.717) is 30.4 Å². The number of sulfonamides is 1. The molecule has 1 aromatic carbocycles. The van der Waals surface area contributed by atoms with Crippen molar-refractivity contribution in [2.45, 2.75) is 39.7 Å². The summed E-state index contributed by atoms with van der Waals surface area (Å²) in [6.07, 6.45) is 3.08. The Morgan fingerprint density at radius 2 is 2.04 bits per heavy atom. The van der Waals surface area contributed by atoms with Crippen LogP contribution in [0.3, 0.4) is 0 Å². The Bertz CT molecular complexity index is 703. The maximum absolute atomic E-state index is 12.7. The van der Waals surface area contributed by atoms with Gasteiger partial charge in [0.25, 0.3) is 0 Å². The number of benzene rings is 1. The van der Waals surface area contributed by atoms with Crippen molar-refractivity contribution in [3.05, 3.63) is 24.3 Å². The molecule has 1 aliphatic heterocycles. The lowest BCUT2D eigenvalue weighted by Crippen LogP contribution is -2.46. The van der Waals surface area contributed by atoms with Gasteiger partial charge in [0, 0.05) is 13.1 Å². The smallest absolute Gasteiger partial charge is 0.243 e. The highest BCUT2D eigenvalue weighted by molar-refractivity contribution is 7.92. The molecular formula is C18H28N2O4S. The van der Waals surface area contributed by atoms with Crippen molar-refractivity contribution in [3.63, 3.8) is 0 Å². The standard InChI is InChI=1S/C18H28N2O4S/c1-14(2)24-17-10-6-5-9-16(17)20(25(4,22)23)13-18(21)19-11-7-8-15(3)12-19/h5-6,9-10,14-15H,7-8,11-13H2,1-4H3. The second kappa shape index (κ2) is 8.08. The van der Waals surface area contributed by atoms with Crippen LogP contribution in [0.25, 0.3) is 0 Å². The number of hydrogen-bond acceptors (Lipinski definition) is 4. The normalized spacial score (nSPS) is 18.3. The van der Waals surface area contributed by atoms with Crippen LogP contribution < -0.4 is 9.04 Å². The Morgan fingerprint density at radius 3 is 2.64 bits per heavy atom. The number of anilines is 1. The summed E-state index contributed by atoms with van der Waals surface area (Å²) >= 11 is 0. The minimum Gasteiger partial charge on any atom is -0.489 e. The molecule has 1 atom stereocenters. The number of carbonyl (C=O) groups is 1. The van der Waals surface area contributed by atoms with E-state index in [1.807, 2.05) is 13.8 Å². The predicted octanol–water partition coefficient (Wildman–Crippen LogP) is 2.50. The zero-order valence-corrected chi connectivity index (χ0v) is 16.3. The topological polar surface area (TPSA) is 66.9 Å². The van der Waals surface area contributed by atoms with Gasteiger partial charge in [0.15, 0.2) is 0 Å². The van der Waals surface area contributed by atoms with E-state index in [1.165, 1.54) is 0 Å². The van der Waals surface area contributed by atoms with Gasteiger partial charge in [0.05, 0.1) is 18.0 Å². The molecule has 0 N–H and O–H groups in total. The monoisotopic (exact) mass is 368 g/mol. The number of ether oxygens (including phenoxy) is 1. The van der Waals surface area contributed by atoms with Gasteiger partial charge in [-0.05, 0) is 44.7 Å². The van der Waals surface area contributed by atoms with Gasteiger partial charge in [-0.2, -0.15) is 0 Å². The molecule has 6 nitrogen and oxygen atoms in total. The van der Waals surface area contributed by atoms with Gasteiger partial charge in [0.1, 0.15) is 12.3 Å². The van der Waals surface area contributed by atoms with Gasteiger partial charge in [0.2, 0.25) is 15.9 Å². The molecule has 1 heterocycles. The van der Waals surface area contributed by atoms with E-state index < -0.39 is 10.0 Å². The van der Waals surface area contributed by atoms with Crippen molar-refractivity contribution in [2.75, 3.05) is 30.2 Å². The number of likely N-dealkylation sites (tertiary alicyclic amines) is 1. The fourth-order valence-electron chi connectivity index (χ4n) is 3.04. The summed E-state index contributed by atoms with van der Waals surface area (Å²) in [5, 5.41) is 0. The maximum Gasteiger partial charge on any atom is 0.243 e. The molecule has 0 bridgehead atoms. The number of piperidine rings is 1. The molecule has 0 saturated carbocycles. The Morgan fingerprint density at radius 1 is 1.36 bits per heavy atom. The third-order valence-electron chi connectivity index (χ3n) is 4.19. The van der Waals surface area contributed by atoms with Gasteiger partial charge in [-0.1, -0.05) is 19.1 Å². The summed E-state index contributed by atoms with van der Waals surface area (Å²) in [5.74, 6) is 0.736. The number of amides is 1. The lowest BCUT2D eigenvalue weighted by Gasteiger charge is -2.33. The third-order valence-corrected chi connectivity index (χ3v) is 5.31. The van der Waals surface area contributed by atoms with Gasteiger partial charge in [-0.25, -0.2) is 8.42 Å². The summed E-state index contributed by atoms with van der Waals surface area (Å²) in [5.41, 5.74) is 0.400. The van der Waals surface area contributed by atoms with E-state index in [0.717, 1.165) is 23.4 Å². The molecule has 140 valence electrons. The van der Waals surface area contributed by atoms with Crippen molar-refractivity contribution in [1.29, 1.82) is 0 Å². The summed E-state index contributed by atoms with van der Waals surface area (Å²) < 4.78 is 31.6. The van der Waals surface area contributed by atoms with Gasteiger partial charge < -0.3 is 9.64 Å². The minimum atomic E-state index is -3.62. The van der Waals surface area contributed by atoms with Crippen LogP contribution in [-0.4, -0.2) is 51.2 Å². The average Bonchev–Trinajstić information content (AvgIpc) is 2.51. The summed E-state index contributed by atoms with van der Waals surface area (Å²) in [6.45, 7) is 7.03. The molecule has 1 aliphatic rings. The molecule has 1 saturated heterocycles. The molecule has 0 aliphatic carbocycles. The highest BCUT2D eigenvalue weighted by atomic mass is 32.2. The van der Waals surface area contributed by atoms with Crippen LogP contribution in [0.15, 0.2) is 24.3 Å². The first-order valence-electron chi connectivity index (χ1n) is 8.69. The van der Waals surface area contributed by atoms with E-state index >= 15 is 0 Å². The Hall–Kier alpha value is -1.76. The average molecular weight is 368 g/mol. The van der Waals surface area contributed by atoms with Gasteiger partial charge in [-0.3, -0.25) is 9.10 Å². The maximum atomic E-state index is 12.7. The number of para-hydroxylation sites is 2. The quantitative estimate of drug-likeness (QED) is 0.774. The summed E-state index contributed by atoms with van der Waals surface area (Å²) in [6, 6.07) is 6.93. The summed E-state index contributed by atoms with van der Waals surface area (Å²) in [4.78, 5) is 14.4. The number of hydrogen-bond donors (Lipinski definition) is 0. The highest BCUT2D eigenvalue weighted by Gasteiger charge is 2.28. The number of carbonyl (C=O) groups excluding carboxylic acids is 1.